The second-order valence-electron chi connectivity index (χ2n) is 7.64. The smallest absolute Gasteiger partial charge is 0.295 e. The number of hydrogen-bond donors (Lipinski definition) is 1. The molecule has 3 aromatic rings. The average Bonchev–Trinajstić information content (AvgIpc) is 3.10. The fraction of sp³-hybridized carbons (Fsp3) is 0.192. The van der Waals surface area contributed by atoms with Crippen molar-refractivity contribution < 1.29 is 28.6 Å². The molecule has 0 aliphatic carbocycles. The normalized spacial score (nSPS) is 17.1. The molecular formula is C26H23FN2O5. The Balaban J connectivity index is 1.88. The zero-order valence-electron chi connectivity index (χ0n) is 18.7. The monoisotopic (exact) mass is 462 g/mol. The maximum Gasteiger partial charge on any atom is 0.295 e. The van der Waals surface area contributed by atoms with Gasteiger partial charge in [-0.05, 0) is 60.5 Å². The number of Topliss-reactive ketones (excluding diaryl/α,β-unsaturated/α-hetero) is 1. The third kappa shape index (κ3) is 4.34. The molecule has 1 aliphatic heterocycles. The van der Waals surface area contributed by atoms with Crippen LogP contribution in [-0.4, -0.2) is 40.4 Å². The summed E-state index contributed by atoms with van der Waals surface area (Å²) in [4.78, 5) is 31.7. The van der Waals surface area contributed by atoms with E-state index in [0.717, 1.165) is 0 Å². The van der Waals surface area contributed by atoms with Gasteiger partial charge < -0.3 is 19.5 Å². The molecule has 1 aromatic heterocycles. The Kier molecular flexibility index (Phi) is 6.58. The van der Waals surface area contributed by atoms with Crippen LogP contribution >= 0.6 is 0 Å². The van der Waals surface area contributed by atoms with E-state index in [1.54, 1.807) is 42.7 Å². The van der Waals surface area contributed by atoms with E-state index >= 15 is 0 Å². The Morgan fingerprint density at radius 1 is 1.12 bits per heavy atom. The Hall–Kier alpha value is -4.20. The van der Waals surface area contributed by atoms with Crippen molar-refractivity contribution in [2.45, 2.75) is 19.5 Å². The molecule has 1 N–H and O–H groups in total. The van der Waals surface area contributed by atoms with E-state index in [1.165, 1.54) is 36.3 Å². The van der Waals surface area contributed by atoms with Gasteiger partial charge in [0, 0.05) is 24.5 Å². The van der Waals surface area contributed by atoms with Crippen LogP contribution in [-0.2, 0) is 16.1 Å². The van der Waals surface area contributed by atoms with Crippen molar-refractivity contribution in [1.29, 1.82) is 0 Å². The molecule has 0 bridgehead atoms. The number of rotatable bonds is 7. The lowest BCUT2D eigenvalue weighted by molar-refractivity contribution is -0.140. The molecule has 7 nitrogen and oxygen atoms in total. The number of carbonyl (C=O) groups is 2. The molecule has 1 aliphatic rings. The van der Waals surface area contributed by atoms with Crippen LogP contribution in [0.1, 0.15) is 29.7 Å². The first-order valence-corrected chi connectivity index (χ1v) is 10.7. The molecule has 1 amide bonds. The lowest BCUT2D eigenvalue weighted by Gasteiger charge is -2.26. The third-order valence-corrected chi connectivity index (χ3v) is 5.54. The summed E-state index contributed by atoms with van der Waals surface area (Å²) in [7, 11) is 1.49. The zero-order valence-corrected chi connectivity index (χ0v) is 18.7. The number of aliphatic hydroxyl groups is 1. The minimum atomic E-state index is -0.908. The lowest BCUT2D eigenvalue weighted by atomic mass is 9.95. The highest BCUT2D eigenvalue weighted by Gasteiger charge is 2.46. The van der Waals surface area contributed by atoms with Crippen LogP contribution in [0, 0.1) is 5.82 Å². The number of carbonyl (C=O) groups excluding carboxylic acids is 2. The van der Waals surface area contributed by atoms with Gasteiger partial charge in [0.1, 0.15) is 11.6 Å². The van der Waals surface area contributed by atoms with Crippen LogP contribution in [0.25, 0.3) is 5.76 Å². The molecule has 1 atom stereocenters. The summed E-state index contributed by atoms with van der Waals surface area (Å²) in [5, 5.41) is 11.1. The molecule has 4 rings (SSSR count). The highest BCUT2D eigenvalue weighted by Crippen LogP contribution is 2.42. The Morgan fingerprint density at radius 2 is 1.88 bits per heavy atom. The van der Waals surface area contributed by atoms with Gasteiger partial charge >= 0.3 is 0 Å². The van der Waals surface area contributed by atoms with Crippen LogP contribution in [0.3, 0.4) is 0 Å². The number of ether oxygens (including phenoxy) is 2. The first kappa shape index (κ1) is 23.0. The summed E-state index contributed by atoms with van der Waals surface area (Å²) in [6, 6.07) is 12.8. The second kappa shape index (κ2) is 9.74. The number of aromatic nitrogens is 1. The maximum absolute atomic E-state index is 13.4. The number of ketones is 1. The van der Waals surface area contributed by atoms with Crippen LogP contribution in [0.2, 0.25) is 0 Å². The van der Waals surface area contributed by atoms with Gasteiger partial charge in [-0.1, -0.05) is 12.1 Å². The molecule has 174 valence electrons. The van der Waals surface area contributed by atoms with Crippen molar-refractivity contribution >= 4 is 17.4 Å². The number of aliphatic hydroxyl groups excluding tert-OH is 1. The molecule has 0 unspecified atom stereocenters. The zero-order chi connectivity index (χ0) is 24.2. The van der Waals surface area contributed by atoms with Crippen molar-refractivity contribution in [2.75, 3.05) is 13.7 Å². The molecule has 0 spiro atoms. The van der Waals surface area contributed by atoms with Gasteiger partial charge in [-0.3, -0.25) is 14.6 Å². The predicted octanol–water partition coefficient (Wildman–Crippen LogP) is 4.25. The highest BCUT2D eigenvalue weighted by atomic mass is 19.1. The first-order chi connectivity index (χ1) is 16.4. The van der Waals surface area contributed by atoms with Crippen molar-refractivity contribution in [3.63, 3.8) is 0 Å². The Morgan fingerprint density at radius 3 is 2.53 bits per heavy atom. The minimum Gasteiger partial charge on any atom is -0.507 e. The van der Waals surface area contributed by atoms with Crippen LogP contribution in [0.5, 0.6) is 11.5 Å². The quantitative estimate of drug-likeness (QED) is 0.321. The highest BCUT2D eigenvalue weighted by molar-refractivity contribution is 6.46. The number of pyridine rings is 1. The van der Waals surface area contributed by atoms with Crippen LogP contribution in [0.15, 0.2) is 72.6 Å². The standard InChI is InChI=1S/C26H23FN2O5/c1-3-34-20-11-8-18(13-21(20)33-2)23-22(24(30)17-6-9-19(27)10-7-17)25(31)26(32)29(23)15-16-5-4-12-28-14-16/h4-14,23,30H,3,15H2,1-2H3/t23-/m0/s1. The molecular weight excluding hydrogens is 439 g/mol. The molecule has 1 fully saturated rings. The van der Waals surface area contributed by atoms with E-state index in [4.69, 9.17) is 9.47 Å². The summed E-state index contributed by atoms with van der Waals surface area (Å²) < 4.78 is 24.5. The van der Waals surface area contributed by atoms with E-state index in [-0.39, 0.29) is 23.4 Å². The van der Waals surface area contributed by atoms with Gasteiger partial charge in [0.15, 0.2) is 11.5 Å². The number of nitrogens with zero attached hydrogens (tertiary/aromatic N) is 2. The Labute approximate surface area is 196 Å². The summed E-state index contributed by atoms with van der Waals surface area (Å²) in [6.07, 6.45) is 3.22. The third-order valence-electron chi connectivity index (χ3n) is 5.54. The number of halogens is 1. The fourth-order valence-electron chi connectivity index (χ4n) is 3.97. The molecule has 1 saturated heterocycles. The maximum atomic E-state index is 13.4. The summed E-state index contributed by atoms with van der Waals surface area (Å²) in [6.45, 7) is 2.37. The van der Waals surface area contributed by atoms with Gasteiger partial charge in [-0.15, -0.1) is 0 Å². The van der Waals surface area contributed by atoms with Gasteiger partial charge in [-0.25, -0.2) is 4.39 Å². The first-order valence-electron chi connectivity index (χ1n) is 10.7. The second-order valence-corrected chi connectivity index (χ2v) is 7.64. The minimum absolute atomic E-state index is 0.0910. The predicted molar refractivity (Wildman–Crippen MR) is 123 cm³/mol. The topological polar surface area (TPSA) is 89.0 Å². The van der Waals surface area contributed by atoms with Crippen LogP contribution < -0.4 is 9.47 Å². The molecule has 2 heterocycles. The van der Waals surface area contributed by atoms with Gasteiger partial charge in [0.25, 0.3) is 11.7 Å². The number of likely N-dealkylation sites (tertiary alicyclic amines) is 1. The fourth-order valence-corrected chi connectivity index (χ4v) is 3.97. The SMILES string of the molecule is CCOc1ccc([C@H]2C(=C(O)c3ccc(F)cc3)C(=O)C(=O)N2Cc2cccnc2)cc1OC. The summed E-state index contributed by atoms with van der Waals surface area (Å²) in [5.74, 6) is -1.52. The number of amides is 1. The Bertz CT molecular complexity index is 1240. The average molecular weight is 462 g/mol. The number of benzene rings is 2. The summed E-state index contributed by atoms with van der Waals surface area (Å²) in [5.41, 5.74) is 1.40. The van der Waals surface area contributed by atoms with E-state index in [1.807, 2.05) is 6.92 Å². The molecule has 2 aromatic carbocycles. The number of methoxy groups -OCH3 is 1. The van der Waals surface area contributed by atoms with E-state index in [2.05, 4.69) is 4.98 Å². The van der Waals surface area contributed by atoms with Crippen molar-refractivity contribution in [3.8, 4) is 11.5 Å². The molecule has 0 radical (unpaired) electrons. The largest absolute Gasteiger partial charge is 0.507 e. The molecule has 8 heteroatoms. The van der Waals surface area contributed by atoms with Crippen molar-refractivity contribution in [2.24, 2.45) is 0 Å². The van der Waals surface area contributed by atoms with Crippen molar-refractivity contribution in [1.82, 2.24) is 9.88 Å². The summed E-state index contributed by atoms with van der Waals surface area (Å²) >= 11 is 0. The van der Waals surface area contributed by atoms with E-state index in [0.29, 0.717) is 29.2 Å². The molecule has 34 heavy (non-hydrogen) atoms. The van der Waals surface area contributed by atoms with Gasteiger partial charge in [0.2, 0.25) is 0 Å². The van der Waals surface area contributed by atoms with E-state index in [9.17, 15) is 19.1 Å². The number of hydrogen-bond acceptors (Lipinski definition) is 6. The van der Waals surface area contributed by atoms with E-state index < -0.39 is 23.5 Å². The molecule has 0 saturated carbocycles. The lowest BCUT2D eigenvalue weighted by Crippen LogP contribution is -2.29. The van der Waals surface area contributed by atoms with Crippen LogP contribution in [0.4, 0.5) is 4.39 Å². The van der Waals surface area contributed by atoms with Gasteiger partial charge in [0.05, 0.1) is 25.3 Å². The van der Waals surface area contributed by atoms with Gasteiger partial charge in [-0.2, -0.15) is 0 Å². The van der Waals surface area contributed by atoms with Crippen molar-refractivity contribution in [3.05, 3.63) is 95.1 Å².